The molecule has 0 aliphatic carbocycles. The molecule has 0 bridgehead atoms. The molecule has 2 rings (SSSR count). The van der Waals surface area contributed by atoms with E-state index in [9.17, 15) is 0 Å². The summed E-state index contributed by atoms with van der Waals surface area (Å²) >= 11 is 0. The summed E-state index contributed by atoms with van der Waals surface area (Å²) in [6.45, 7) is 5.92. The van der Waals surface area contributed by atoms with Crippen molar-refractivity contribution in [2.45, 2.75) is 26.9 Å². The first-order valence-corrected chi connectivity index (χ1v) is 5.87. The van der Waals surface area contributed by atoms with Gasteiger partial charge in [-0.25, -0.2) is 0 Å². The minimum atomic E-state index is 0.111. The molecule has 0 heterocycles. The molecule has 0 amide bonds. The van der Waals surface area contributed by atoms with Crippen LogP contribution in [0.4, 0.5) is 0 Å². The summed E-state index contributed by atoms with van der Waals surface area (Å²) in [4.78, 5) is 5.29. The highest BCUT2D eigenvalue weighted by atomic mass is 16.6. The van der Waals surface area contributed by atoms with Gasteiger partial charge in [0.25, 0.3) is 0 Å². The lowest BCUT2D eigenvalue weighted by molar-refractivity contribution is 0.0860. The molecule has 0 aliphatic rings. The first kappa shape index (κ1) is 11.6. The molecule has 0 unspecified atom stereocenters. The molecule has 0 fully saturated rings. The summed E-state index contributed by atoms with van der Waals surface area (Å²) in [6, 6.07) is 14.5. The maximum Gasteiger partial charge on any atom is 0.122 e. The van der Waals surface area contributed by atoms with Gasteiger partial charge in [0, 0.05) is 5.56 Å². The number of oxime groups is 1. The number of rotatable bonds is 3. The fraction of sp³-hybridized carbons (Fsp3) is 0.267. The van der Waals surface area contributed by atoms with Gasteiger partial charge in [-0.3, -0.25) is 0 Å². The summed E-state index contributed by atoms with van der Waals surface area (Å²) in [6.07, 6.45) is 0.111. The Morgan fingerprint density at radius 2 is 1.76 bits per heavy atom. The molecule has 2 nitrogen and oxygen atoms in total. The molecule has 17 heavy (non-hydrogen) atoms. The zero-order valence-corrected chi connectivity index (χ0v) is 10.5. The standard InChI is InChI=1S/C15H17NO/c1-11(2)17-16-12(3)14-10-6-8-13-7-4-5-9-15(13)14/h4-11H,1-3H3/b16-12+. The van der Waals surface area contributed by atoms with E-state index in [0.717, 1.165) is 11.3 Å². The first-order chi connectivity index (χ1) is 8.18. The van der Waals surface area contributed by atoms with Crippen molar-refractivity contribution in [1.82, 2.24) is 0 Å². The Morgan fingerprint density at radius 1 is 1.06 bits per heavy atom. The molecule has 0 aromatic heterocycles. The van der Waals surface area contributed by atoms with E-state index in [-0.39, 0.29) is 6.10 Å². The zero-order chi connectivity index (χ0) is 12.3. The SMILES string of the molecule is C/C(=N\OC(C)C)c1cccc2ccccc12. The van der Waals surface area contributed by atoms with E-state index in [2.05, 4.69) is 29.4 Å². The minimum Gasteiger partial charge on any atom is -0.393 e. The molecule has 0 radical (unpaired) electrons. The van der Waals surface area contributed by atoms with Gasteiger partial charge in [0.05, 0.1) is 5.71 Å². The third-order valence-electron chi connectivity index (χ3n) is 2.58. The van der Waals surface area contributed by atoms with Crippen LogP contribution in [0.2, 0.25) is 0 Å². The predicted molar refractivity (Wildman–Crippen MR) is 72.4 cm³/mol. The van der Waals surface area contributed by atoms with Crippen molar-refractivity contribution in [3.63, 3.8) is 0 Å². The van der Waals surface area contributed by atoms with Crippen LogP contribution in [0.5, 0.6) is 0 Å². The van der Waals surface area contributed by atoms with E-state index in [0.29, 0.717) is 0 Å². The maximum atomic E-state index is 5.29. The Bertz CT molecular complexity index is 538. The van der Waals surface area contributed by atoms with Crippen LogP contribution < -0.4 is 0 Å². The van der Waals surface area contributed by atoms with Crippen molar-refractivity contribution >= 4 is 16.5 Å². The highest BCUT2D eigenvalue weighted by Gasteiger charge is 2.04. The second-order valence-electron chi connectivity index (χ2n) is 4.36. The van der Waals surface area contributed by atoms with E-state index in [4.69, 9.17) is 4.84 Å². The van der Waals surface area contributed by atoms with E-state index >= 15 is 0 Å². The molecule has 2 aromatic rings. The fourth-order valence-electron chi connectivity index (χ4n) is 1.77. The van der Waals surface area contributed by atoms with Gasteiger partial charge in [-0.05, 0) is 31.5 Å². The topological polar surface area (TPSA) is 21.6 Å². The van der Waals surface area contributed by atoms with Crippen LogP contribution >= 0.6 is 0 Å². The maximum absolute atomic E-state index is 5.29. The van der Waals surface area contributed by atoms with Crippen molar-refractivity contribution in [2.24, 2.45) is 5.16 Å². The normalized spacial score (nSPS) is 12.1. The molecular formula is C15H17NO. The lowest BCUT2D eigenvalue weighted by Gasteiger charge is -2.07. The van der Waals surface area contributed by atoms with Crippen LogP contribution in [0, 0.1) is 0 Å². The van der Waals surface area contributed by atoms with Crippen LogP contribution in [-0.4, -0.2) is 11.8 Å². The van der Waals surface area contributed by atoms with Gasteiger partial charge in [-0.2, -0.15) is 0 Å². The summed E-state index contributed by atoms with van der Waals surface area (Å²) in [5, 5.41) is 6.60. The van der Waals surface area contributed by atoms with Crippen LogP contribution in [0.25, 0.3) is 10.8 Å². The first-order valence-electron chi connectivity index (χ1n) is 5.87. The van der Waals surface area contributed by atoms with Gasteiger partial charge in [-0.1, -0.05) is 47.6 Å². The Kier molecular flexibility index (Phi) is 3.43. The Morgan fingerprint density at radius 3 is 2.53 bits per heavy atom. The van der Waals surface area contributed by atoms with Gasteiger partial charge in [0.15, 0.2) is 0 Å². The monoisotopic (exact) mass is 227 g/mol. The highest BCUT2D eigenvalue weighted by Crippen LogP contribution is 2.19. The van der Waals surface area contributed by atoms with Gasteiger partial charge in [-0.15, -0.1) is 0 Å². The van der Waals surface area contributed by atoms with Gasteiger partial charge in [0.1, 0.15) is 6.10 Å². The summed E-state index contributed by atoms with van der Waals surface area (Å²) < 4.78 is 0. The van der Waals surface area contributed by atoms with E-state index in [1.54, 1.807) is 0 Å². The third-order valence-corrected chi connectivity index (χ3v) is 2.58. The second-order valence-corrected chi connectivity index (χ2v) is 4.36. The van der Waals surface area contributed by atoms with Crippen molar-refractivity contribution in [3.8, 4) is 0 Å². The number of benzene rings is 2. The molecule has 2 heteroatoms. The van der Waals surface area contributed by atoms with Gasteiger partial charge in [0.2, 0.25) is 0 Å². The molecule has 0 aliphatic heterocycles. The van der Waals surface area contributed by atoms with E-state index in [1.165, 1.54) is 10.8 Å². The average molecular weight is 227 g/mol. The van der Waals surface area contributed by atoms with E-state index < -0.39 is 0 Å². The molecule has 0 saturated carbocycles. The van der Waals surface area contributed by atoms with Gasteiger partial charge >= 0.3 is 0 Å². The summed E-state index contributed by atoms with van der Waals surface area (Å²) in [7, 11) is 0. The number of hydrogen-bond acceptors (Lipinski definition) is 2. The number of hydrogen-bond donors (Lipinski definition) is 0. The predicted octanol–water partition coefficient (Wildman–Crippen LogP) is 3.99. The molecule has 0 N–H and O–H groups in total. The van der Waals surface area contributed by atoms with Gasteiger partial charge < -0.3 is 4.84 Å². The average Bonchev–Trinajstić information content (AvgIpc) is 2.35. The lowest BCUT2D eigenvalue weighted by Crippen LogP contribution is -2.02. The molecule has 0 atom stereocenters. The Labute approximate surface area is 102 Å². The lowest BCUT2D eigenvalue weighted by atomic mass is 10.0. The van der Waals surface area contributed by atoms with E-state index in [1.807, 2.05) is 39.0 Å². The highest BCUT2D eigenvalue weighted by molar-refractivity contribution is 6.09. The zero-order valence-electron chi connectivity index (χ0n) is 10.5. The molecule has 0 saturated heterocycles. The number of nitrogens with zero attached hydrogens (tertiary/aromatic N) is 1. The summed E-state index contributed by atoms with van der Waals surface area (Å²) in [5.74, 6) is 0. The van der Waals surface area contributed by atoms with Crippen molar-refractivity contribution < 1.29 is 4.84 Å². The smallest absolute Gasteiger partial charge is 0.122 e. The third kappa shape index (κ3) is 2.64. The van der Waals surface area contributed by atoms with Crippen LogP contribution in [0.1, 0.15) is 26.3 Å². The fourth-order valence-corrected chi connectivity index (χ4v) is 1.77. The van der Waals surface area contributed by atoms with Crippen molar-refractivity contribution in [1.29, 1.82) is 0 Å². The van der Waals surface area contributed by atoms with Crippen LogP contribution in [0.3, 0.4) is 0 Å². The number of fused-ring (bicyclic) bond motifs is 1. The van der Waals surface area contributed by atoms with Crippen LogP contribution in [-0.2, 0) is 4.84 Å². The molecule has 88 valence electrons. The Balaban J connectivity index is 2.45. The molecule has 0 spiro atoms. The summed E-state index contributed by atoms with van der Waals surface area (Å²) in [5.41, 5.74) is 2.04. The molecule has 2 aromatic carbocycles. The minimum absolute atomic E-state index is 0.111. The quantitative estimate of drug-likeness (QED) is 0.574. The van der Waals surface area contributed by atoms with Crippen LogP contribution in [0.15, 0.2) is 47.6 Å². The molecular weight excluding hydrogens is 210 g/mol. The largest absolute Gasteiger partial charge is 0.393 e. The van der Waals surface area contributed by atoms with Crippen molar-refractivity contribution in [2.75, 3.05) is 0 Å². The second kappa shape index (κ2) is 5.00. The Hall–Kier alpha value is -1.83. The van der Waals surface area contributed by atoms with Crippen molar-refractivity contribution in [3.05, 3.63) is 48.0 Å².